The molecule has 1 aromatic rings. The molecule has 1 aliphatic heterocycles. The Kier molecular flexibility index (Phi) is 2.82. The van der Waals surface area contributed by atoms with Gasteiger partial charge < -0.3 is 10.4 Å². The zero-order valence-corrected chi connectivity index (χ0v) is 8.92. The van der Waals surface area contributed by atoms with Crippen molar-refractivity contribution in [1.82, 2.24) is 0 Å². The van der Waals surface area contributed by atoms with Gasteiger partial charge in [-0.05, 0) is 30.5 Å². The number of aliphatic carboxylic acids is 1. The highest BCUT2D eigenvalue weighted by Gasteiger charge is 2.20. The normalized spacial score (nSPS) is 18.3. The van der Waals surface area contributed by atoms with Crippen LogP contribution in [-0.2, 0) is 11.2 Å². The number of halogens is 1. The quantitative estimate of drug-likeness (QED) is 0.831. The highest BCUT2D eigenvalue weighted by Crippen LogP contribution is 2.30. The predicted octanol–water partition coefficient (Wildman–Crippen LogP) is 2.54. The third-order valence-electron chi connectivity index (χ3n) is 2.60. The van der Waals surface area contributed by atoms with Crippen molar-refractivity contribution in [3.8, 4) is 0 Å². The molecule has 4 heteroatoms. The Bertz CT molecular complexity index is 392. The van der Waals surface area contributed by atoms with Gasteiger partial charge in [-0.3, -0.25) is 4.79 Å². The van der Waals surface area contributed by atoms with Crippen LogP contribution >= 0.6 is 11.6 Å². The summed E-state index contributed by atoms with van der Waals surface area (Å²) in [4.78, 5) is 10.4. The van der Waals surface area contributed by atoms with Crippen molar-refractivity contribution in [2.75, 3.05) is 5.32 Å². The van der Waals surface area contributed by atoms with Crippen molar-refractivity contribution in [3.05, 3.63) is 28.8 Å². The molecule has 3 nitrogen and oxygen atoms in total. The zero-order valence-electron chi connectivity index (χ0n) is 8.16. The van der Waals surface area contributed by atoms with Gasteiger partial charge >= 0.3 is 5.97 Å². The van der Waals surface area contributed by atoms with E-state index in [1.54, 1.807) is 0 Å². The lowest BCUT2D eigenvalue weighted by molar-refractivity contribution is -0.137. The molecule has 1 heterocycles. The molecule has 2 N–H and O–H groups in total. The fourth-order valence-electron chi connectivity index (χ4n) is 1.87. The Hall–Kier alpha value is -1.22. The molecule has 1 aromatic carbocycles. The van der Waals surface area contributed by atoms with Crippen molar-refractivity contribution < 1.29 is 9.90 Å². The van der Waals surface area contributed by atoms with Gasteiger partial charge in [0.25, 0.3) is 0 Å². The van der Waals surface area contributed by atoms with E-state index in [2.05, 4.69) is 5.32 Å². The maximum Gasteiger partial charge on any atom is 0.303 e. The van der Waals surface area contributed by atoms with Gasteiger partial charge in [0.05, 0.1) is 0 Å². The predicted molar refractivity (Wildman–Crippen MR) is 59.4 cm³/mol. The van der Waals surface area contributed by atoms with Gasteiger partial charge in [0.15, 0.2) is 0 Å². The molecule has 1 aliphatic rings. The van der Waals surface area contributed by atoms with E-state index in [0.717, 1.165) is 12.1 Å². The van der Waals surface area contributed by atoms with E-state index in [1.807, 2.05) is 18.2 Å². The first-order valence-corrected chi connectivity index (χ1v) is 5.29. The number of carboxylic acid groups (broad SMARTS) is 1. The number of hydrogen-bond acceptors (Lipinski definition) is 2. The van der Waals surface area contributed by atoms with Crippen LogP contribution in [0.1, 0.15) is 18.4 Å². The minimum Gasteiger partial charge on any atom is -0.481 e. The number of rotatable bonds is 3. The smallest absolute Gasteiger partial charge is 0.303 e. The Morgan fingerprint density at radius 2 is 2.40 bits per heavy atom. The second-order valence-corrected chi connectivity index (χ2v) is 4.22. The van der Waals surface area contributed by atoms with Crippen molar-refractivity contribution in [2.24, 2.45) is 0 Å². The highest BCUT2D eigenvalue weighted by atomic mass is 35.5. The average molecular weight is 226 g/mol. The summed E-state index contributed by atoms with van der Waals surface area (Å²) >= 11 is 5.86. The molecule has 0 fully saturated rings. The molecule has 0 saturated carbocycles. The molecular weight excluding hydrogens is 214 g/mol. The fraction of sp³-hybridized carbons (Fsp3) is 0.364. The van der Waals surface area contributed by atoms with Gasteiger partial charge in [0, 0.05) is 23.2 Å². The van der Waals surface area contributed by atoms with Crippen LogP contribution in [0.5, 0.6) is 0 Å². The van der Waals surface area contributed by atoms with Crippen LogP contribution in [0.15, 0.2) is 18.2 Å². The monoisotopic (exact) mass is 225 g/mol. The van der Waals surface area contributed by atoms with E-state index in [-0.39, 0.29) is 12.5 Å². The van der Waals surface area contributed by atoms with Gasteiger partial charge in [0.1, 0.15) is 0 Å². The lowest BCUT2D eigenvalue weighted by atomic mass is 10.1. The lowest BCUT2D eigenvalue weighted by Gasteiger charge is -2.08. The van der Waals surface area contributed by atoms with Crippen LogP contribution in [0, 0.1) is 0 Å². The third-order valence-corrected chi connectivity index (χ3v) is 2.84. The number of nitrogens with one attached hydrogen (secondary N) is 1. The number of carbonyl (C=O) groups is 1. The van der Waals surface area contributed by atoms with Crippen LogP contribution in [0.25, 0.3) is 0 Å². The Balaban J connectivity index is 2.00. The van der Waals surface area contributed by atoms with Gasteiger partial charge in [-0.25, -0.2) is 0 Å². The number of hydrogen-bond donors (Lipinski definition) is 2. The summed E-state index contributed by atoms with van der Waals surface area (Å²) in [5.74, 6) is -0.745. The summed E-state index contributed by atoms with van der Waals surface area (Å²) in [6.07, 6.45) is 1.75. The largest absolute Gasteiger partial charge is 0.481 e. The molecule has 0 saturated heterocycles. The summed E-state index contributed by atoms with van der Waals surface area (Å²) in [6.45, 7) is 0. The number of carboxylic acids is 1. The van der Waals surface area contributed by atoms with Crippen LogP contribution in [-0.4, -0.2) is 17.1 Å². The molecule has 0 amide bonds. The van der Waals surface area contributed by atoms with Crippen molar-refractivity contribution in [2.45, 2.75) is 25.3 Å². The first kappa shape index (κ1) is 10.3. The molecule has 15 heavy (non-hydrogen) atoms. The van der Waals surface area contributed by atoms with Crippen LogP contribution in [0.3, 0.4) is 0 Å². The first-order chi connectivity index (χ1) is 7.15. The molecular formula is C11H12ClNO2. The van der Waals surface area contributed by atoms with E-state index >= 15 is 0 Å². The van der Waals surface area contributed by atoms with Crippen LogP contribution in [0.2, 0.25) is 5.02 Å². The SMILES string of the molecule is O=C(O)CCC1Cc2ccc(Cl)cc2N1. The third kappa shape index (κ3) is 2.42. The molecule has 0 spiro atoms. The van der Waals surface area contributed by atoms with Gasteiger partial charge in [-0.15, -0.1) is 0 Å². The molecule has 0 aliphatic carbocycles. The van der Waals surface area contributed by atoms with E-state index in [0.29, 0.717) is 11.4 Å². The molecule has 0 aromatic heterocycles. The summed E-state index contributed by atoms with van der Waals surface area (Å²) in [5.41, 5.74) is 2.26. The first-order valence-electron chi connectivity index (χ1n) is 4.92. The minimum absolute atomic E-state index is 0.208. The van der Waals surface area contributed by atoms with Crippen molar-refractivity contribution >= 4 is 23.3 Å². The fourth-order valence-corrected chi connectivity index (χ4v) is 2.04. The number of benzene rings is 1. The van der Waals surface area contributed by atoms with E-state index in [4.69, 9.17) is 16.7 Å². The van der Waals surface area contributed by atoms with Gasteiger partial charge in [0.2, 0.25) is 0 Å². The molecule has 0 radical (unpaired) electrons. The minimum atomic E-state index is -0.745. The van der Waals surface area contributed by atoms with Gasteiger partial charge in [-0.1, -0.05) is 17.7 Å². The lowest BCUT2D eigenvalue weighted by Crippen LogP contribution is -2.16. The summed E-state index contributed by atoms with van der Waals surface area (Å²) in [7, 11) is 0. The Labute approximate surface area is 93.1 Å². The Morgan fingerprint density at radius 1 is 1.60 bits per heavy atom. The summed E-state index contributed by atoms with van der Waals surface area (Å²) in [6, 6.07) is 5.97. The summed E-state index contributed by atoms with van der Waals surface area (Å²) < 4.78 is 0. The van der Waals surface area contributed by atoms with E-state index in [9.17, 15) is 4.79 Å². The van der Waals surface area contributed by atoms with Crippen LogP contribution in [0.4, 0.5) is 5.69 Å². The standard InChI is InChI=1S/C11H12ClNO2/c12-8-2-1-7-5-9(3-4-11(14)15)13-10(7)6-8/h1-2,6,9,13H,3-5H2,(H,14,15). The average Bonchev–Trinajstić information content (AvgIpc) is 2.56. The molecule has 1 atom stereocenters. The van der Waals surface area contributed by atoms with E-state index < -0.39 is 5.97 Å². The highest BCUT2D eigenvalue weighted by molar-refractivity contribution is 6.30. The number of anilines is 1. The topological polar surface area (TPSA) is 49.3 Å². The Morgan fingerprint density at radius 3 is 3.13 bits per heavy atom. The summed E-state index contributed by atoms with van der Waals surface area (Å²) in [5, 5.41) is 12.6. The second-order valence-electron chi connectivity index (χ2n) is 3.78. The second kappa shape index (κ2) is 4.11. The maximum atomic E-state index is 10.4. The maximum absolute atomic E-state index is 10.4. The number of fused-ring (bicyclic) bond motifs is 1. The molecule has 0 bridgehead atoms. The molecule has 2 rings (SSSR count). The van der Waals surface area contributed by atoms with Crippen molar-refractivity contribution in [3.63, 3.8) is 0 Å². The molecule has 80 valence electrons. The van der Waals surface area contributed by atoms with Gasteiger partial charge in [-0.2, -0.15) is 0 Å². The van der Waals surface area contributed by atoms with Crippen molar-refractivity contribution in [1.29, 1.82) is 0 Å². The van der Waals surface area contributed by atoms with Crippen LogP contribution < -0.4 is 5.32 Å². The van der Waals surface area contributed by atoms with E-state index in [1.165, 1.54) is 5.56 Å². The zero-order chi connectivity index (χ0) is 10.8. The molecule has 1 unspecified atom stereocenters.